The van der Waals surface area contributed by atoms with Gasteiger partial charge in [0.1, 0.15) is 0 Å². The van der Waals surface area contributed by atoms with Crippen LogP contribution in [0.5, 0.6) is 0 Å². The Morgan fingerprint density at radius 3 is 2.65 bits per heavy atom. The molecule has 1 aromatic rings. The highest BCUT2D eigenvalue weighted by Crippen LogP contribution is 2.35. The number of hydrogen-bond acceptors (Lipinski definition) is 4. The normalized spacial score (nSPS) is 22.1. The van der Waals surface area contributed by atoms with Crippen molar-refractivity contribution in [3.8, 4) is 0 Å². The van der Waals surface area contributed by atoms with E-state index in [1.807, 2.05) is 0 Å². The van der Waals surface area contributed by atoms with Crippen molar-refractivity contribution < 1.29 is 4.52 Å². The van der Waals surface area contributed by atoms with Crippen molar-refractivity contribution in [2.45, 2.75) is 76.7 Å². The molecule has 2 saturated carbocycles. The van der Waals surface area contributed by atoms with E-state index < -0.39 is 0 Å². The molecule has 0 radical (unpaired) electrons. The van der Waals surface area contributed by atoms with Crippen molar-refractivity contribution in [3.05, 3.63) is 11.7 Å². The monoisotopic (exact) mass is 277 g/mol. The second kappa shape index (κ2) is 6.70. The molecule has 0 aliphatic heterocycles. The van der Waals surface area contributed by atoms with Gasteiger partial charge in [-0.05, 0) is 44.6 Å². The van der Waals surface area contributed by atoms with Gasteiger partial charge in [-0.3, -0.25) is 0 Å². The van der Waals surface area contributed by atoms with E-state index in [1.165, 1.54) is 51.4 Å². The molecule has 2 aliphatic rings. The molecule has 2 aliphatic carbocycles. The lowest BCUT2D eigenvalue weighted by Gasteiger charge is -2.23. The molecule has 1 atom stereocenters. The van der Waals surface area contributed by atoms with Crippen molar-refractivity contribution in [2.24, 2.45) is 5.92 Å². The van der Waals surface area contributed by atoms with Gasteiger partial charge in [0.2, 0.25) is 5.89 Å². The highest BCUT2D eigenvalue weighted by Gasteiger charge is 2.28. The Bertz CT molecular complexity index is 408. The van der Waals surface area contributed by atoms with E-state index in [2.05, 4.69) is 22.4 Å². The molecular formula is C16H27N3O. The number of nitrogens with one attached hydrogen (secondary N) is 1. The molecular weight excluding hydrogens is 250 g/mol. The van der Waals surface area contributed by atoms with Gasteiger partial charge < -0.3 is 9.84 Å². The lowest BCUT2D eigenvalue weighted by atomic mass is 9.85. The van der Waals surface area contributed by atoms with E-state index in [0.29, 0.717) is 12.0 Å². The second-order valence-corrected chi connectivity index (χ2v) is 6.48. The minimum absolute atomic E-state index is 0.521. The fourth-order valence-electron chi connectivity index (χ4n) is 3.47. The molecule has 4 nitrogen and oxygen atoms in total. The molecule has 0 saturated heterocycles. The minimum Gasteiger partial charge on any atom is -0.339 e. The molecule has 0 spiro atoms. The lowest BCUT2D eigenvalue weighted by Crippen LogP contribution is -2.37. The van der Waals surface area contributed by atoms with Gasteiger partial charge in [-0.2, -0.15) is 4.98 Å². The quantitative estimate of drug-likeness (QED) is 0.829. The zero-order chi connectivity index (χ0) is 13.8. The Morgan fingerprint density at radius 2 is 2.00 bits per heavy atom. The number of rotatable bonds is 7. The maximum Gasteiger partial charge on any atom is 0.228 e. The highest BCUT2D eigenvalue weighted by atomic mass is 16.5. The average Bonchev–Trinajstić information content (AvgIpc) is 3.03. The topological polar surface area (TPSA) is 51.0 Å². The van der Waals surface area contributed by atoms with Crippen molar-refractivity contribution in [2.75, 3.05) is 6.54 Å². The first-order chi connectivity index (χ1) is 9.86. The van der Waals surface area contributed by atoms with Crippen molar-refractivity contribution >= 4 is 0 Å². The fraction of sp³-hybridized carbons (Fsp3) is 0.875. The molecule has 1 heterocycles. The molecule has 112 valence electrons. The van der Waals surface area contributed by atoms with Crippen LogP contribution in [0.4, 0.5) is 0 Å². The number of hydrogen-bond donors (Lipinski definition) is 1. The zero-order valence-corrected chi connectivity index (χ0v) is 12.6. The van der Waals surface area contributed by atoms with Gasteiger partial charge in [-0.1, -0.05) is 31.3 Å². The zero-order valence-electron chi connectivity index (χ0n) is 12.6. The molecule has 20 heavy (non-hydrogen) atoms. The van der Waals surface area contributed by atoms with Crippen LogP contribution in [0.2, 0.25) is 0 Å². The molecule has 3 rings (SSSR count). The molecule has 0 bridgehead atoms. The van der Waals surface area contributed by atoms with Gasteiger partial charge in [0.05, 0.1) is 0 Å². The largest absolute Gasteiger partial charge is 0.339 e. The summed E-state index contributed by atoms with van der Waals surface area (Å²) >= 11 is 0. The van der Waals surface area contributed by atoms with Gasteiger partial charge >= 0.3 is 0 Å². The fourth-order valence-corrected chi connectivity index (χ4v) is 3.47. The average molecular weight is 277 g/mol. The Labute approximate surface area is 121 Å². The Balaban J connectivity index is 1.60. The molecule has 0 amide bonds. The Hall–Kier alpha value is -0.900. The molecule has 0 aromatic carbocycles. The molecule has 1 unspecified atom stereocenters. The third-order valence-corrected chi connectivity index (χ3v) is 4.97. The first kappa shape index (κ1) is 14.1. The predicted molar refractivity (Wildman–Crippen MR) is 78.6 cm³/mol. The number of aromatic nitrogens is 2. The molecule has 4 heteroatoms. The van der Waals surface area contributed by atoms with Crippen LogP contribution >= 0.6 is 0 Å². The Morgan fingerprint density at radius 1 is 1.20 bits per heavy atom. The van der Waals surface area contributed by atoms with Crippen LogP contribution in [0.1, 0.15) is 75.9 Å². The van der Waals surface area contributed by atoms with Crippen molar-refractivity contribution in [1.29, 1.82) is 0 Å². The molecule has 2 fully saturated rings. The molecule has 1 aromatic heterocycles. The third-order valence-electron chi connectivity index (χ3n) is 4.97. The summed E-state index contributed by atoms with van der Waals surface area (Å²) in [4.78, 5) is 4.63. The SMILES string of the molecule is CCCNC(Cc1nc(C2CCC2)no1)C1CCCC1. The molecule has 1 N–H and O–H groups in total. The van der Waals surface area contributed by atoms with E-state index in [-0.39, 0.29) is 0 Å². The second-order valence-electron chi connectivity index (χ2n) is 6.48. The minimum atomic E-state index is 0.521. The van der Waals surface area contributed by atoms with Crippen LogP contribution in [0.15, 0.2) is 4.52 Å². The summed E-state index contributed by atoms with van der Waals surface area (Å²) in [5.41, 5.74) is 0. The maximum absolute atomic E-state index is 5.49. The van der Waals surface area contributed by atoms with Gasteiger partial charge in [0.25, 0.3) is 0 Å². The highest BCUT2D eigenvalue weighted by molar-refractivity contribution is 5.01. The predicted octanol–water partition coefficient (Wildman–Crippen LogP) is 3.44. The van der Waals surface area contributed by atoms with Gasteiger partial charge in [-0.15, -0.1) is 0 Å². The van der Waals surface area contributed by atoms with E-state index >= 15 is 0 Å². The third kappa shape index (κ3) is 3.22. The summed E-state index contributed by atoms with van der Waals surface area (Å²) in [6, 6.07) is 0.521. The summed E-state index contributed by atoms with van der Waals surface area (Å²) in [7, 11) is 0. The first-order valence-corrected chi connectivity index (χ1v) is 8.42. The van der Waals surface area contributed by atoms with E-state index in [1.54, 1.807) is 0 Å². The van der Waals surface area contributed by atoms with E-state index in [0.717, 1.165) is 30.6 Å². The van der Waals surface area contributed by atoms with Crippen molar-refractivity contribution in [1.82, 2.24) is 15.5 Å². The van der Waals surface area contributed by atoms with Gasteiger partial charge in [0, 0.05) is 18.4 Å². The van der Waals surface area contributed by atoms with E-state index in [4.69, 9.17) is 4.52 Å². The van der Waals surface area contributed by atoms with Gasteiger partial charge in [0.15, 0.2) is 5.82 Å². The first-order valence-electron chi connectivity index (χ1n) is 8.42. The van der Waals surface area contributed by atoms with Crippen LogP contribution < -0.4 is 5.32 Å². The lowest BCUT2D eigenvalue weighted by molar-refractivity contribution is 0.303. The number of nitrogens with zero attached hydrogens (tertiary/aromatic N) is 2. The smallest absolute Gasteiger partial charge is 0.228 e. The maximum atomic E-state index is 5.49. The van der Waals surface area contributed by atoms with Crippen LogP contribution in [0.3, 0.4) is 0 Å². The van der Waals surface area contributed by atoms with Crippen LogP contribution in [0.25, 0.3) is 0 Å². The van der Waals surface area contributed by atoms with Gasteiger partial charge in [-0.25, -0.2) is 0 Å². The summed E-state index contributed by atoms with van der Waals surface area (Å²) in [5, 5.41) is 7.88. The standard InChI is InChI=1S/C16H27N3O/c1-2-10-17-14(12-6-3-4-7-12)11-15-18-16(19-20-15)13-8-5-9-13/h12-14,17H,2-11H2,1H3. The van der Waals surface area contributed by atoms with Crippen LogP contribution in [0, 0.1) is 5.92 Å². The summed E-state index contributed by atoms with van der Waals surface area (Å²) in [6.45, 7) is 3.31. The Kier molecular flexibility index (Phi) is 4.71. The summed E-state index contributed by atoms with van der Waals surface area (Å²) in [6.07, 6.45) is 11.3. The summed E-state index contributed by atoms with van der Waals surface area (Å²) < 4.78 is 5.49. The van der Waals surface area contributed by atoms with Crippen LogP contribution in [-0.4, -0.2) is 22.7 Å². The van der Waals surface area contributed by atoms with Crippen molar-refractivity contribution in [3.63, 3.8) is 0 Å². The van der Waals surface area contributed by atoms with Crippen LogP contribution in [-0.2, 0) is 6.42 Å². The van der Waals surface area contributed by atoms with E-state index in [9.17, 15) is 0 Å². The summed E-state index contributed by atoms with van der Waals surface area (Å²) in [5.74, 6) is 3.15.